The van der Waals surface area contributed by atoms with Gasteiger partial charge in [-0.3, -0.25) is 20.4 Å². The number of hydrazine groups is 1. The lowest BCUT2D eigenvalue weighted by Gasteiger charge is -2.03. The molecule has 0 saturated carbocycles. The Morgan fingerprint density at radius 1 is 1.39 bits per heavy atom. The maximum Gasteiger partial charge on any atom is 0.305 e. The molecular weight excluding hydrogens is 240 g/mol. The van der Waals surface area contributed by atoms with Gasteiger partial charge in [0.2, 0.25) is 11.8 Å². The highest BCUT2D eigenvalue weighted by Gasteiger charge is 2.12. The second-order valence-corrected chi connectivity index (χ2v) is 3.39. The summed E-state index contributed by atoms with van der Waals surface area (Å²) in [5, 5.41) is 3.54. The number of furan rings is 1. The van der Waals surface area contributed by atoms with Crippen molar-refractivity contribution in [3.8, 4) is 0 Å². The van der Waals surface area contributed by atoms with E-state index >= 15 is 0 Å². The highest BCUT2D eigenvalue weighted by atomic mass is 16.5. The fourth-order valence-electron chi connectivity index (χ4n) is 1.19. The summed E-state index contributed by atoms with van der Waals surface area (Å²) in [5.41, 5.74) is 4.39. The lowest BCUT2D eigenvalue weighted by atomic mass is 10.4. The lowest BCUT2D eigenvalue weighted by Crippen LogP contribution is -2.42. The summed E-state index contributed by atoms with van der Waals surface area (Å²) in [6.45, 7) is 1.64. The first-order valence-corrected chi connectivity index (χ1v) is 5.07. The molecule has 0 bridgehead atoms. The normalized spacial score (nSPS) is 10.1. The summed E-state index contributed by atoms with van der Waals surface area (Å²) in [6.07, 6.45) is 1.25. The van der Waals surface area contributed by atoms with Gasteiger partial charge in [-0.25, -0.2) is 0 Å². The van der Waals surface area contributed by atoms with Crippen molar-refractivity contribution in [2.45, 2.75) is 13.3 Å². The van der Waals surface area contributed by atoms with E-state index in [0.717, 1.165) is 0 Å². The highest BCUT2D eigenvalue weighted by Crippen LogP contribution is 1.99. The van der Waals surface area contributed by atoms with Crippen molar-refractivity contribution in [1.29, 1.82) is 0 Å². The smallest absolute Gasteiger partial charge is 0.305 e. The number of hydrogen-bond donors (Lipinski definition) is 2. The minimum Gasteiger partial charge on any atom is -0.459 e. The Bertz CT molecular complexity index is 546. The van der Waals surface area contributed by atoms with Crippen LogP contribution in [0.5, 0.6) is 0 Å². The largest absolute Gasteiger partial charge is 0.459 e. The Hall–Kier alpha value is -2.64. The molecule has 0 unspecified atom stereocenters. The van der Waals surface area contributed by atoms with Crippen LogP contribution >= 0.6 is 0 Å². The van der Waals surface area contributed by atoms with E-state index in [1.54, 1.807) is 13.0 Å². The molecule has 2 aromatic heterocycles. The molecule has 0 saturated heterocycles. The third kappa shape index (κ3) is 2.94. The molecular formula is C10H10N4O4. The van der Waals surface area contributed by atoms with Crippen LogP contribution in [0.25, 0.3) is 0 Å². The molecule has 8 nitrogen and oxygen atoms in total. The fourth-order valence-corrected chi connectivity index (χ4v) is 1.19. The van der Waals surface area contributed by atoms with Gasteiger partial charge in [0.15, 0.2) is 11.6 Å². The summed E-state index contributed by atoms with van der Waals surface area (Å²) in [4.78, 5) is 26.7. The zero-order chi connectivity index (χ0) is 13.0. The van der Waals surface area contributed by atoms with Crippen molar-refractivity contribution in [3.63, 3.8) is 0 Å². The third-order valence-corrected chi connectivity index (χ3v) is 1.94. The van der Waals surface area contributed by atoms with Gasteiger partial charge in [0.05, 0.1) is 6.26 Å². The Kier molecular flexibility index (Phi) is 3.37. The minimum atomic E-state index is -0.546. The molecule has 2 aromatic rings. The van der Waals surface area contributed by atoms with Crippen molar-refractivity contribution in [2.24, 2.45) is 0 Å². The van der Waals surface area contributed by atoms with Gasteiger partial charge in [-0.2, -0.15) is 4.98 Å². The van der Waals surface area contributed by atoms with Crippen LogP contribution in [0.15, 0.2) is 27.3 Å². The summed E-state index contributed by atoms with van der Waals surface area (Å²) in [5.74, 6) is -0.299. The molecule has 0 aliphatic heterocycles. The third-order valence-electron chi connectivity index (χ3n) is 1.94. The van der Waals surface area contributed by atoms with E-state index in [2.05, 4.69) is 21.0 Å². The number of carbonyl (C=O) groups is 2. The number of carbonyl (C=O) groups excluding carboxylic acids is 2. The predicted octanol–water partition coefficient (Wildman–Crippen LogP) is -0.0253. The van der Waals surface area contributed by atoms with Gasteiger partial charge in [-0.05, 0) is 19.1 Å². The molecule has 0 aliphatic rings. The molecule has 0 radical (unpaired) electrons. The minimum absolute atomic E-state index is 0.101. The molecule has 0 atom stereocenters. The van der Waals surface area contributed by atoms with E-state index in [9.17, 15) is 9.59 Å². The van der Waals surface area contributed by atoms with Crippen LogP contribution in [0, 0.1) is 6.92 Å². The van der Waals surface area contributed by atoms with Crippen LogP contribution in [0.2, 0.25) is 0 Å². The van der Waals surface area contributed by atoms with Crippen molar-refractivity contribution >= 4 is 11.8 Å². The Labute approximate surface area is 101 Å². The van der Waals surface area contributed by atoms with Gasteiger partial charge in [0, 0.05) is 0 Å². The summed E-state index contributed by atoms with van der Waals surface area (Å²) >= 11 is 0. The maximum atomic E-state index is 11.4. The van der Waals surface area contributed by atoms with Crippen molar-refractivity contribution in [2.75, 3.05) is 0 Å². The summed E-state index contributed by atoms with van der Waals surface area (Å²) < 4.78 is 9.61. The molecule has 0 aromatic carbocycles. The first-order chi connectivity index (χ1) is 8.65. The van der Waals surface area contributed by atoms with Gasteiger partial charge in [-0.1, -0.05) is 5.16 Å². The Morgan fingerprint density at radius 2 is 2.22 bits per heavy atom. The molecule has 2 heterocycles. The first kappa shape index (κ1) is 11.8. The van der Waals surface area contributed by atoms with Crippen molar-refractivity contribution in [1.82, 2.24) is 21.0 Å². The molecule has 0 aliphatic carbocycles. The fraction of sp³-hybridized carbons (Fsp3) is 0.200. The van der Waals surface area contributed by atoms with Gasteiger partial charge >= 0.3 is 5.91 Å². The second kappa shape index (κ2) is 5.13. The van der Waals surface area contributed by atoms with E-state index in [-0.39, 0.29) is 18.1 Å². The molecule has 18 heavy (non-hydrogen) atoms. The molecule has 94 valence electrons. The van der Waals surface area contributed by atoms with E-state index < -0.39 is 11.8 Å². The molecule has 0 spiro atoms. The first-order valence-electron chi connectivity index (χ1n) is 5.07. The lowest BCUT2D eigenvalue weighted by molar-refractivity contribution is -0.121. The van der Waals surface area contributed by atoms with Crippen molar-refractivity contribution in [3.05, 3.63) is 35.9 Å². The maximum absolute atomic E-state index is 11.4. The average molecular weight is 250 g/mol. The van der Waals surface area contributed by atoms with Crippen LogP contribution in [0.3, 0.4) is 0 Å². The molecule has 2 rings (SSSR count). The zero-order valence-corrected chi connectivity index (χ0v) is 9.47. The van der Waals surface area contributed by atoms with Gasteiger partial charge in [0.1, 0.15) is 6.42 Å². The summed E-state index contributed by atoms with van der Waals surface area (Å²) in [6, 6.07) is 3.04. The number of aryl methyl sites for hydroxylation is 1. The van der Waals surface area contributed by atoms with E-state index in [1.165, 1.54) is 12.3 Å². The number of rotatable bonds is 3. The number of aromatic nitrogens is 2. The number of nitrogens with zero attached hydrogens (tertiary/aromatic N) is 2. The van der Waals surface area contributed by atoms with Crippen LogP contribution in [0.1, 0.15) is 22.3 Å². The Morgan fingerprint density at radius 3 is 2.83 bits per heavy atom. The van der Waals surface area contributed by atoms with Crippen LogP contribution < -0.4 is 10.9 Å². The van der Waals surface area contributed by atoms with Crippen LogP contribution in [-0.2, 0) is 11.2 Å². The molecule has 0 fully saturated rings. The van der Waals surface area contributed by atoms with E-state index in [1.807, 2.05) is 0 Å². The zero-order valence-electron chi connectivity index (χ0n) is 9.47. The van der Waals surface area contributed by atoms with Gasteiger partial charge < -0.3 is 8.94 Å². The molecule has 8 heteroatoms. The number of hydrogen-bond acceptors (Lipinski definition) is 6. The molecule has 2 amide bonds. The summed E-state index contributed by atoms with van der Waals surface area (Å²) in [7, 11) is 0. The average Bonchev–Trinajstić information content (AvgIpc) is 2.97. The predicted molar refractivity (Wildman–Crippen MR) is 57.1 cm³/mol. The Balaban J connectivity index is 1.80. The molecule has 2 N–H and O–H groups in total. The second-order valence-electron chi connectivity index (χ2n) is 3.39. The van der Waals surface area contributed by atoms with Crippen LogP contribution in [-0.4, -0.2) is 22.0 Å². The topological polar surface area (TPSA) is 110 Å². The van der Waals surface area contributed by atoms with Crippen LogP contribution in [0.4, 0.5) is 0 Å². The van der Waals surface area contributed by atoms with Gasteiger partial charge in [-0.15, -0.1) is 0 Å². The highest BCUT2D eigenvalue weighted by molar-refractivity contribution is 5.92. The quantitative estimate of drug-likeness (QED) is 0.740. The number of nitrogens with one attached hydrogen (secondary N) is 2. The standard InChI is InChI=1S/C10H10N4O4/c1-6-11-9(18-14-6)5-8(15)12-13-10(16)7-3-2-4-17-7/h2-4H,5H2,1H3,(H,12,15)(H,13,16). The van der Waals surface area contributed by atoms with E-state index in [0.29, 0.717) is 5.82 Å². The van der Waals surface area contributed by atoms with Crippen molar-refractivity contribution < 1.29 is 18.5 Å². The van der Waals surface area contributed by atoms with E-state index in [4.69, 9.17) is 8.94 Å². The van der Waals surface area contributed by atoms with Gasteiger partial charge in [0.25, 0.3) is 0 Å². The SMILES string of the molecule is Cc1noc(CC(=O)NNC(=O)c2ccco2)n1. The number of amides is 2. The monoisotopic (exact) mass is 250 g/mol.